The van der Waals surface area contributed by atoms with E-state index in [9.17, 15) is 8.78 Å². The zero-order valence-electron chi connectivity index (χ0n) is 17.3. The van der Waals surface area contributed by atoms with E-state index in [0.29, 0.717) is 13.2 Å². The third-order valence-electron chi connectivity index (χ3n) is 6.18. The molecule has 0 aliphatic carbocycles. The summed E-state index contributed by atoms with van der Waals surface area (Å²) in [5.41, 5.74) is 11.0. The van der Waals surface area contributed by atoms with Gasteiger partial charge in [0.15, 0.2) is 0 Å². The van der Waals surface area contributed by atoms with Gasteiger partial charge in [-0.05, 0) is 66.1 Å². The number of hydrogen-bond donors (Lipinski definition) is 2. The Kier molecular flexibility index (Phi) is 5.34. The molecule has 1 saturated heterocycles. The molecule has 0 amide bonds. The molecule has 0 bridgehead atoms. The summed E-state index contributed by atoms with van der Waals surface area (Å²) in [7, 11) is 0. The van der Waals surface area contributed by atoms with Crippen LogP contribution in [-0.4, -0.2) is 13.2 Å². The van der Waals surface area contributed by atoms with E-state index < -0.39 is 0 Å². The molecular formula is C25H25F2N3O. The van der Waals surface area contributed by atoms with Crippen molar-refractivity contribution < 1.29 is 13.5 Å². The summed E-state index contributed by atoms with van der Waals surface area (Å²) in [6.45, 7) is 4.03. The molecular weight excluding hydrogens is 396 g/mol. The average Bonchev–Trinajstić information content (AvgIpc) is 3.20. The number of nitrogens with zero attached hydrogens (tertiary/aromatic N) is 1. The molecule has 5 rings (SSSR count). The molecule has 3 unspecified atom stereocenters. The van der Waals surface area contributed by atoms with Crippen LogP contribution in [0.15, 0.2) is 66.7 Å². The van der Waals surface area contributed by atoms with Crippen LogP contribution in [0.3, 0.4) is 0 Å². The number of anilines is 1. The molecule has 31 heavy (non-hydrogen) atoms. The van der Waals surface area contributed by atoms with E-state index in [1.165, 1.54) is 18.2 Å². The highest BCUT2D eigenvalue weighted by molar-refractivity contribution is 5.59. The van der Waals surface area contributed by atoms with Crippen LogP contribution < -0.4 is 20.5 Å². The Bertz CT molecular complexity index is 1060. The van der Waals surface area contributed by atoms with Crippen molar-refractivity contribution in [3.63, 3.8) is 0 Å². The fourth-order valence-corrected chi connectivity index (χ4v) is 4.75. The summed E-state index contributed by atoms with van der Waals surface area (Å²) < 4.78 is 33.1. The Morgan fingerprint density at radius 2 is 1.61 bits per heavy atom. The van der Waals surface area contributed by atoms with Gasteiger partial charge in [0.25, 0.3) is 0 Å². The minimum atomic E-state index is -0.246. The molecule has 2 aliphatic rings. The Morgan fingerprint density at radius 3 is 2.35 bits per heavy atom. The Balaban J connectivity index is 1.46. The van der Waals surface area contributed by atoms with Gasteiger partial charge < -0.3 is 9.64 Å². The maximum atomic E-state index is 14.2. The number of halogens is 2. The number of ether oxygens (including phenoxy) is 1. The normalized spacial score (nSPS) is 22.2. The van der Waals surface area contributed by atoms with Crippen molar-refractivity contribution in [3.8, 4) is 5.75 Å². The first-order valence-electron chi connectivity index (χ1n) is 10.6. The van der Waals surface area contributed by atoms with Crippen molar-refractivity contribution in [2.75, 3.05) is 18.1 Å². The molecule has 0 spiro atoms. The van der Waals surface area contributed by atoms with Crippen molar-refractivity contribution in [2.24, 2.45) is 5.92 Å². The zero-order chi connectivity index (χ0) is 21.4. The van der Waals surface area contributed by atoms with Crippen molar-refractivity contribution >= 4 is 5.69 Å². The summed E-state index contributed by atoms with van der Waals surface area (Å²) in [6, 6.07) is 19.8. The molecule has 3 atom stereocenters. The molecule has 0 radical (unpaired) electrons. The minimum absolute atomic E-state index is 0.00624. The van der Waals surface area contributed by atoms with E-state index in [0.717, 1.165) is 34.7 Å². The lowest BCUT2D eigenvalue weighted by atomic mass is 9.82. The van der Waals surface area contributed by atoms with Crippen LogP contribution in [-0.2, 0) is 6.54 Å². The fourth-order valence-electron chi connectivity index (χ4n) is 4.75. The van der Waals surface area contributed by atoms with Gasteiger partial charge >= 0.3 is 0 Å². The molecule has 4 nitrogen and oxygen atoms in total. The number of benzene rings is 3. The van der Waals surface area contributed by atoms with Gasteiger partial charge in [-0.3, -0.25) is 0 Å². The van der Waals surface area contributed by atoms with Crippen LogP contribution in [0.25, 0.3) is 0 Å². The van der Waals surface area contributed by atoms with E-state index in [1.54, 1.807) is 18.2 Å². The standard InChI is InChI=1S/C25H25F2N3O/c1-2-31-20-10-5-17(6-11-20)24-22-15-30(14-16-3-7-18(26)8-4-16)23-12-9-19(27)13-21(23)25(22)29-28-24/h3-13,22,24-25,28-29H,2,14-15H2,1H3. The van der Waals surface area contributed by atoms with Crippen molar-refractivity contribution in [3.05, 3.63) is 95.1 Å². The predicted molar refractivity (Wildman–Crippen MR) is 117 cm³/mol. The minimum Gasteiger partial charge on any atom is -0.494 e. The third-order valence-corrected chi connectivity index (χ3v) is 6.18. The lowest BCUT2D eigenvalue weighted by Gasteiger charge is -2.39. The largest absolute Gasteiger partial charge is 0.494 e. The molecule has 0 aromatic heterocycles. The van der Waals surface area contributed by atoms with Crippen LogP contribution in [0.5, 0.6) is 5.75 Å². The van der Waals surface area contributed by atoms with E-state index in [2.05, 4.69) is 27.9 Å². The first-order chi connectivity index (χ1) is 15.1. The smallest absolute Gasteiger partial charge is 0.123 e. The highest BCUT2D eigenvalue weighted by atomic mass is 19.1. The molecule has 6 heteroatoms. The van der Waals surface area contributed by atoms with Gasteiger partial charge in [-0.1, -0.05) is 24.3 Å². The van der Waals surface area contributed by atoms with Crippen molar-refractivity contribution in [2.45, 2.75) is 25.6 Å². The summed E-state index contributed by atoms with van der Waals surface area (Å²) in [6.07, 6.45) is 0. The first kappa shape index (κ1) is 20.0. The Labute approximate surface area is 180 Å². The van der Waals surface area contributed by atoms with E-state index in [-0.39, 0.29) is 29.6 Å². The van der Waals surface area contributed by atoms with Gasteiger partial charge in [-0.15, -0.1) is 0 Å². The maximum absolute atomic E-state index is 14.2. The summed E-state index contributed by atoms with van der Waals surface area (Å²) in [4.78, 5) is 2.26. The lowest BCUT2D eigenvalue weighted by molar-refractivity contribution is 0.339. The van der Waals surface area contributed by atoms with Gasteiger partial charge in [0.05, 0.1) is 18.7 Å². The molecule has 160 valence electrons. The summed E-state index contributed by atoms with van der Waals surface area (Å²) >= 11 is 0. The van der Waals surface area contributed by atoms with E-state index >= 15 is 0 Å². The van der Waals surface area contributed by atoms with Gasteiger partial charge in [-0.25, -0.2) is 19.6 Å². The van der Waals surface area contributed by atoms with Crippen LogP contribution in [0.4, 0.5) is 14.5 Å². The summed E-state index contributed by atoms with van der Waals surface area (Å²) in [5.74, 6) is 0.563. The van der Waals surface area contributed by atoms with Gasteiger partial charge in [0.1, 0.15) is 17.4 Å². The number of hydrogen-bond acceptors (Lipinski definition) is 4. The van der Waals surface area contributed by atoms with Crippen LogP contribution in [0.2, 0.25) is 0 Å². The highest BCUT2D eigenvalue weighted by Gasteiger charge is 2.43. The molecule has 2 heterocycles. The zero-order valence-corrected chi connectivity index (χ0v) is 17.3. The van der Waals surface area contributed by atoms with Crippen LogP contribution in [0.1, 0.15) is 35.7 Å². The topological polar surface area (TPSA) is 36.5 Å². The number of fused-ring (bicyclic) bond motifs is 3. The molecule has 2 N–H and O–H groups in total. The molecule has 1 fully saturated rings. The molecule has 3 aromatic rings. The lowest BCUT2D eigenvalue weighted by Crippen LogP contribution is -2.39. The van der Waals surface area contributed by atoms with Gasteiger partial charge in [0.2, 0.25) is 0 Å². The van der Waals surface area contributed by atoms with Crippen molar-refractivity contribution in [1.82, 2.24) is 10.9 Å². The summed E-state index contributed by atoms with van der Waals surface area (Å²) in [5, 5.41) is 0. The van der Waals surface area contributed by atoms with Crippen LogP contribution >= 0.6 is 0 Å². The number of hydrazine groups is 1. The SMILES string of the molecule is CCOc1ccc(C2NNC3c4cc(F)ccc4N(Cc4ccc(F)cc4)CC23)cc1. The van der Waals surface area contributed by atoms with E-state index in [1.807, 2.05) is 25.1 Å². The highest BCUT2D eigenvalue weighted by Crippen LogP contribution is 2.45. The second-order valence-corrected chi connectivity index (χ2v) is 8.12. The maximum Gasteiger partial charge on any atom is 0.123 e. The Morgan fingerprint density at radius 1 is 0.903 bits per heavy atom. The number of rotatable bonds is 5. The molecule has 0 saturated carbocycles. The number of nitrogens with one attached hydrogen (secondary N) is 2. The first-order valence-corrected chi connectivity index (χ1v) is 10.6. The quantitative estimate of drug-likeness (QED) is 0.615. The average molecular weight is 421 g/mol. The predicted octanol–water partition coefficient (Wildman–Crippen LogP) is 4.89. The monoisotopic (exact) mass is 421 g/mol. The van der Waals surface area contributed by atoms with Gasteiger partial charge in [0, 0.05) is 24.7 Å². The van der Waals surface area contributed by atoms with E-state index in [4.69, 9.17) is 4.74 Å². The van der Waals surface area contributed by atoms with Gasteiger partial charge in [-0.2, -0.15) is 0 Å². The van der Waals surface area contributed by atoms with Crippen LogP contribution in [0, 0.1) is 17.6 Å². The second kappa shape index (κ2) is 8.29. The fraction of sp³-hybridized carbons (Fsp3) is 0.280. The second-order valence-electron chi connectivity index (χ2n) is 8.12. The molecule has 3 aromatic carbocycles. The Hall–Kier alpha value is -2.96. The third kappa shape index (κ3) is 3.89. The van der Waals surface area contributed by atoms with Crippen molar-refractivity contribution in [1.29, 1.82) is 0 Å². The molecule has 2 aliphatic heterocycles.